The summed E-state index contributed by atoms with van der Waals surface area (Å²) in [6.07, 6.45) is 0.607. The number of aromatic nitrogens is 6. The number of aryl methyl sites for hydroxylation is 1. The van der Waals surface area contributed by atoms with Crippen LogP contribution in [0.25, 0.3) is 22.2 Å². The van der Waals surface area contributed by atoms with Crippen LogP contribution >= 0.6 is 0 Å². The molecule has 3 N–H and O–H groups in total. The third-order valence-corrected chi connectivity index (χ3v) is 5.90. The number of carbonyl (C=O) groups excluding carboxylic acids is 2. The van der Waals surface area contributed by atoms with Crippen molar-refractivity contribution in [1.82, 2.24) is 34.6 Å². The van der Waals surface area contributed by atoms with Gasteiger partial charge in [0.25, 0.3) is 17.7 Å². The number of aromatic amines is 1. The van der Waals surface area contributed by atoms with Gasteiger partial charge in [0.05, 0.1) is 24.6 Å². The highest BCUT2D eigenvalue weighted by molar-refractivity contribution is 5.85. The van der Waals surface area contributed by atoms with Crippen LogP contribution in [0.15, 0.2) is 47.9 Å². The van der Waals surface area contributed by atoms with E-state index in [-0.39, 0.29) is 30.2 Å². The molecule has 218 valence electrons. The van der Waals surface area contributed by atoms with Gasteiger partial charge in [-0.05, 0) is 25.0 Å². The van der Waals surface area contributed by atoms with Gasteiger partial charge in [-0.3, -0.25) is 23.8 Å². The van der Waals surface area contributed by atoms with E-state index in [1.54, 1.807) is 38.7 Å². The molecule has 1 atom stereocenters. The van der Waals surface area contributed by atoms with Crippen molar-refractivity contribution in [3.05, 3.63) is 59.2 Å². The van der Waals surface area contributed by atoms with E-state index in [0.29, 0.717) is 29.7 Å². The minimum Gasteiger partial charge on any atom is -0.425 e. The van der Waals surface area contributed by atoms with E-state index in [0.717, 1.165) is 10.9 Å². The number of rotatable bonds is 12. The summed E-state index contributed by atoms with van der Waals surface area (Å²) in [7, 11) is 3.13. The van der Waals surface area contributed by atoms with Crippen molar-refractivity contribution in [2.45, 2.75) is 31.8 Å². The van der Waals surface area contributed by atoms with Gasteiger partial charge in [-0.1, -0.05) is 0 Å². The van der Waals surface area contributed by atoms with Gasteiger partial charge in [0, 0.05) is 68.1 Å². The molecular formula is C25H27F3N8O5. The molecule has 0 fully saturated rings. The highest BCUT2D eigenvalue weighted by Gasteiger charge is 2.44. The van der Waals surface area contributed by atoms with Crippen LogP contribution in [0.3, 0.4) is 0 Å². The fourth-order valence-corrected chi connectivity index (χ4v) is 3.95. The number of anilines is 1. The van der Waals surface area contributed by atoms with E-state index in [9.17, 15) is 27.6 Å². The highest BCUT2D eigenvalue weighted by atomic mass is 19.4. The first-order valence-electron chi connectivity index (χ1n) is 12.4. The van der Waals surface area contributed by atoms with Crippen molar-refractivity contribution in [3.63, 3.8) is 0 Å². The first kappa shape index (κ1) is 29.3. The van der Waals surface area contributed by atoms with Crippen LogP contribution in [0.5, 0.6) is 0 Å². The molecule has 0 aliphatic carbocycles. The molecule has 4 aromatic rings. The summed E-state index contributed by atoms with van der Waals surface area (Å²) in [5, 5.41) is 10.0. The van der Waals surface area contributed by atoms with Crippen LogP contribution in [-0.4, -0.2) is 67.6 Å². The minimum atomic E-state index is -5.43. The van der Waals surface area contributed by atoms with Gasteiger partial charge in [-0.15, -0.1) is 0 Å². The van der Waals surface area contributed by atoms with Crippen molar-refractivity contribution < 1.29 is 32.2 Å². The number of nitrogens with one attached hydrogen (secondary N) is 3. The molecule has 0 saturated heterocycles. The second-order valence-corrected chi connectivity index (χ2v) is 8.93. The molecule has 1 amide bonds. The normalized spacial score (nSPS) is 12.3. The molecular weight excluding hydrogens is 549 g/mol. The number of amides is 1. The van der Waals surface area contributed by atoms with Crippen molar-refractivity contribution in [3.8, 4) is 11.3 Å². The SMILES string of the molecule is COCCCCNc1ncc(-c2cnn(C)c2)n(C(OC(=O)C(F)(F)F)C(=O)NCc2cc3cnccc3[nH]2)c1=O. The Hall–Kier alpha value is -4.73. The maximum Gasteiger partial charge on any atom is 0.491 e. The Morgan fingerprint density at radius 1 is 1.20 bits per heavy atom. The summed E-state index contributed by atoms with van der Waals surface area (Å²) in [6.45, 7) is 0.592. The molecule has 13 nitrogen and oxygen atoms in total. The summed E-state index contributed by atoms with van der Waals surface area (Å²) < 4.78 is 51.5. The number of unbranched alkanes of at least 4 members (excludes halogenated alkanes) is 1. The quantitative estimate of drug-likeness (QED) is 0.170. The lowest BCUT2D eigenvalue weighted by molar-refractivity contribution is -0.209. The number of alkyl halides is 3. The van der Waals surface area contributed by atoms with Crippen LogP contribution in [0.2, 0.25) is 0 Å². The molecule has 4 heterocycles. The average molecular weight is 577 g/mol. The van der Waals surface area contributed by atoms with E-state index >= 15 is 0 Å². The van der Waals surface area contributed by atoms with Crippen molar-refractivity contribution >= 4 is 28.6 Å². The van der Waals surface area contributed by atoms with Crippen LogP contribution in [0.1, 0.15) is 24.8 Å². The predicted octanol–water partition coefficient (Wildman–Crippen LogP) is 2.28. The number of methoxy groups -OCH3 is 1. The van der Waals surface area contributed by atoms with Crippen LogP contribution in [-0.2, 0) is 32.7 Å². The Morgan fingerprint density at radius 2 is 2.00 bits per heavy atom. The largest absolute Gasteiger partial charge is 0.491 e. The average Bonchev–Trinajstić information content (AvgIpc) is 3.56. The van der Waals surface area contributed by atoms with Gasteiger partial charge in [0.15, 0.2) is 5.82 Å². The zero-order valence-corrected chi connectivity index (χ0v) is 22.1. The summed E-state index contributed by atoms with van der Waals surface area (Å²) in [5.41, 5.74) is 0.377. The van der Waals surface area contributed by atoms with E-state index in [2.05, 4.69) is 35.4 Å². The van der Waals surface area contributed by atoms with E-state index < -0.39 is 29.8 Å². The van der Waals surface area contributed by atoms with E-state index in [1.165, 1.54) is 23.3 Å². The van der Waals surface area contributed by atoms with Gasteiger partial charge in [-0.25, -0.2) is 9.78 Å². The second-order valence-electron chi connectivity index (χ2n) is 8.93. The molecule has 0 aliphatic heterocycles. The van der Waals surface area contributed by atoms with E-state index in [4.69, 9.17) is 4.74 Å². The van der Waals surface area contributed by atoms with E-state index in [1.807, 2.05) is 0 Å². The zero-order valence-electron chi connectivity index (χ0n) is 22.1. The molecule has 0 bridgehead atoms. The number of ether oxygens (including phenoxy) is 2. The summed E-state index contributed by atoms with van der Waals surface area (Å²) in [4.78, 5) is 50.0. The van der Waals surface area contributed by atoms with Gasteiger partial charge < -0.3 is 25.1 Å². The Kier molecular flexibility index (Phi) is 9.01. The minimum absolute atomic E-state index is 0.0974. The fourth-order valence-electron chi connectivity index (χ4n) is 3.95. The standard InChI is InChI=1S/C25H27F3N8O5/c1-35-14-16(11-33-35)19-13-31-20(30-6-3-4-8-40-2)22(38)36(19)23(41-24(39)25(26,27)28)21(37)32-12-17-9-15-10-29-7-5-18(15)34-17/h5,7,9-11,13-14,23,34H,3-4,6,8,12H2,1-2H3,(H,30,31)(H,32,37). The summed E-state index contributed by atoms with van der Waals surface area (Å²) >= 11 is 0. The monoisotopic (exact) mass is 576 g/mol. The van der Waals surface area contributed by atoms with Gasteiger partial charge in [-0.2, -0.15) is 18.3 Å². The Balaban J connectivity index is 1.71. The first-order valence-corrected chi connectivity index (χ1v) is 12.4. The number of carbonyl (C=O) groups is 2. The number of nitrogens with zero attached hydrogens (tertiary/aromatic N) is 5. The fraction of sp³-hybridized carbons (Fsp3) is 0.360. The lowest BCUT2D eigenvalue weighted by atomic mass is 10.2. The Bertz CT molecular complexity index is 1550. The highest BCUT2D eigenvalue weighted by Crippen LogP contribution is 2.25. The van der Waals surface area contributed by atoms with Crippen LogP contribution < -0.4 is 16.2 Å². The number of fused-ring (bicyclic) bond motifs is 1. The lowest BCUT2D eigenvalue weighted by Gasteiger charge is -2.23. The molecule has 0 spiro atoms. The molecule has 4 rings (SSSR count). The van der Waals surface area contributed by atoms with Crippen LogP contribution in [0, 0.1) is 0 Å². The summed E-state index contributed by atoms with van der Waals surface area (Å²) in [6, 6.07) is 3.39. The molecule has 16 heteroatoms. The number of esters is 1. The number of hydrogen-bond acceptors (Lipinski definition) is 9. The molecule has 4 aromatic heterocycles. The third-order valence-electron chi connectivity index (χ3n) is 5.90. The van der Waals surface area contributed by atoms with Crippen molar-refractivity contribution in [1.29, 1.82) is 0 Å². The van der Waals surface area contributed by atoms with Gasteiger partial charge >= 0.3 is 12.1 Å². The topological polar surface area (TPSA) is 158 Å². The molecule has 1 unspecified atom stereocenters. The van der Waals surface area contributed by atoms with Crippen LogP contribution in [0.4, 0.5) is 19.0 Å². The number of pyridine rings is 1. The molecule has 0 aromatic carbocycles. The summed E-state index contributed by atoms with van der Waals surface area (Å²) in [5.74, 6) is -4.08. The lowest BCUT2D eigenvalue weighted by Crippen LogP contribution is -2.43. The van der Waals surface area contributed by atoms with Crippen molar-refractivity contribution in [2.75, 3.05) is 25.6 Å². The molecule has 0 radical (unpaired) electrons. The number of hydrogen-bond donors (Lipinski definition) is 3. The number of H-pyrrole nitrogens is 1. The predicted molar refractivity (Wildman–Crippen MR) is 139 cm³/mol. The third kappa shape index (κ3) is 7.08. The zero-order chi connectivity index (χ0) is 29.6. The Morgan fingerprint density at radius 3 is 2.68 bits per heavy atom. The maximum atomic E-state index is 13.6. The second kappa shape index (κ2) is 12.6. The number of halogens is 3. The van der Waals surface area contributed by atoms with Gasteiger partial charge in [0.1, 0.15) is 0 Å². The molecule has 0 saturated carbocycles. The smallest absolute Gasteiger partial charge is 0.425 e. The first-order chi connectivity index (χ1) is 19.6. The Labute approximate surface area is 230 Å². The maximum absolute atomic E-state index is 13.6. The molecule has 0 aliphatic rings. The van der Waals surface area contributed by atoms with Gasteiger partial charge in [0.2, 0.25) is 0 Å². The van der Waals surface area contributed by atoms with Crippen molar-refractivity contribution in [2.24, 2.45) is 7.05 Å². The molecule has 41 heavy (non-hydrogen) atoms.